The van der Waals surface area contributed by atoms with E-state index >= 15 is 0 Å². The molecule has 6 nitrogen and oxygen atoms in total. The number of thioether (sulfide) groups is 1. The van der Waals surface area contributed by atoms with Crippen LogP contribution in [0.4, 0.5) is 0 Å². The summed E-state index contributed by atoms with van der Waals surface area (Å²) in [7, 11) is 0. The van der Waals surface area contributed by atoms with Crippen LogP contribution in [0.15, 0.2) is 46.6 Å². The van der Waals surface area contributed by atoms with Gasteiger partial charge in [0.2, 0.25) is 0 Å². The minimum Gasteiger partial charge on any atom is -0.348 e. The van der Waals surface area contributed by atoms with Gasteiger partial charge in [-0.25, -0.2) is 0 Å². The van der Waals surface area contributed by atoms with Crippen LogP contribution in [0.1, 0.15) is 23.6 Å². The number of carbonyl (C=O) groups is 1. The molecule has 0 atom stereocenters. The van der Waals surface area contributed by atoms with Gasteiger partial charge in [-0.15, -0.1) is 0 Å². The zero-order valence-electron chi connectivity index (χ0n) is 16.3. The van der Waals surface area contributed by atoms with Crippen molar-refractivity contribution in [2.24, 2.45) is 4.99 Å². The number of amides is 1. The summed E-state index contributed by atoms with van der Waals surface area (Å²) in [6.45, 7) is 9.69. The Morgan fingerprint density at radius 3 is 2.57 bits per heavy atom. The van der Waals surface area contributed by atoms with E-state index in [1.165, 1.54) is 22.9 Å². The van der Waals surface area contributed by atoms with Crippen molar-refractivity contribution in [1.82, 2.24) is 19.6 Å². The second-order valence-corrected chi connectivity index (χ2v) is 8.20. The van der Waals surface area contributed by atoms with Crippen LogP contribution in [0, 0.1) is 6.92 Å². The Balaban J connectivity index is 1.33. The van der Waals surface area contributed by atoms with Crippen LogP contribution < -0.4 is 0 Å². The molecule has 1 fully saturated rings. The van der Waals surface area contributed by atoms with Crippen LogP contribution >= 0.6 is 11.8 Å². The number of rotatable bonds is 4. The maximum Gasteiger partial charge on any atom is 0.286 e. The number of nitrogens with zero attached hydrogens (tertiary/aromatic N) is 5. The summed E-state index contributed by atoms with van der Waals surface area (Å²) in [5.41, 5.74) is 3.58. The number of benzene rings is 1. The van der Waals surface area contributed by atoms with Crippen LogP contribution in [0.5, 0.6) is 0 Å². The summed E-state index contributed by atoms with van der Waals surface area (Å²) in [5.74, 6) is -0.147. The van der Waals surface area contributed by atoms with Gasteiger partial charge in [0.1, 0.15) is 0 Å². The van der Waals surface area contributed by atoms with Crippen molar-refractivity contribution in [1.29, 1.82) is 0 Å². The molecule has 28 heavy (non-hydrogen) atoms. The molecule has 1 aromatic heterocycles. The van der Waals surface area contributed by atoms with E-state index < -0.39 is 0 Å². The van der Waals surface area contributed by atoms with Crippen LogP contribution in [0.3, 0.4) is 0 Å². The maximum atomic E-state index is 12.3. The topological polar surface area (TPSA) is 53.7 Å². The molecule has 0 N–H and O–H groups in total. The highest BCUT2D eigenvalue weighted by Crippen LogP contribution is 2.30. The van der Waals surface area contributed by atoms with Crippen LogP contribution in [0.25, 0.3) is 6.08 Å². The van der Waals surface area contributed by atoms with Gasteiger partial charge in [0.15, 0.2) is 5.17 Å². The Hall–Kier alpha value is -2.38. The molecule has 1 saturated heterocycles. The third-order valence-corrected chi connectivity index (χ3v) is 6.10. The lowest BCUT2D eigenvalue weighted by Crippen LogP contribution is -2.47. The van der Waals surface area contributed by atoms with Crippen molar-refractivity contribution >= 4 is 28.9 Å². The van der Waals surface area contributed by atoms with Gasteiger partial charge in [0.05, 0.1) is 11.1 Å². The van der Waals surface area contributed by atoms with Crippen molar-refractivity contribution in [2.75, 3.05) is 26.2 Å². The summed E-state index contributed by atoms with van der Waals surface area (Å²) >= 11 is 1.48. The molecule has 146 valence electrons. The third-order valence-electron chi connectivity index (χ3n) is 5.05. The summed E-state index contributed by atoms with van der Waals surface area (Å²) in [5, 5.41) is 5.08. The maximum absolute atomic E-state index is 12.3. The number of aryl methyl sites for hydroxylation is 2. The van der Waals surface area contributed by atoms with Crippen molar-refractivity contribution in [2.45, 2.75) is 26.9 Å². The standard InChI is InChI=1S/C21H25N5OS/c1-3-26-15-18(13-22-26)12-19-20(27)23-21(28-19)25-10-8-24(9-11-25)14-17-6-4-16(2)5-7-17/h4-7,12-13,15H,3,8-11,14H2,1-2H3. The quantitative estimate of drug-likeness (QED) is 0.745. The van der Waals surface area contributed by atoms with Crippen molar-refractivity contribution in [3.8, 4) is 0 Å². The fourth-order valence-electron chi connectivity index (χ4n) is 3.36. The molecular formula is C21H25N5OS. The molecule has 1 aromatic carbocycles. The van der Waals surface area contributed by atoms with Gasteiger partial charge < -0.3 is 4.90 Å². The van der Waals surface area contributed by atoms with Crippen LogP contribution in [-0.4, -0.2) is 56.8 Å². The zero-order chi connectivity index (χ0) is 19.5. The molecule has 0 aliphatic carbocycles. The van der Waals surface area contributed by atoms with E-state index in [2.05, 4.69) is 51.1 Å². The molecule has 2 aromatic rings. The van der Waals surface area contributed by atoms with Crippen molar-refractivity contribution < 1.29 is 4.79 Å². The lowest BCUT2D eigenvalue weighted by atomic mass is 10.1. The number of hydrogen-bond acceptors (Lipinski definition) is 5. The number of amidine groups is 1. The van der Waals surface area contributed by atoms with Gasteiger partial charge in [-0.1, -0.05) is 29.8 Å². The molecule has 2 aliphatic heterocycles. The number of carbonyl (C=O) groups excluding carboxylic acids is 1. The zero-order valence-corrected chi connectivity index (χ0v) is 17.2. The highest BCUT2D eigenvalue weighted by Gasteiger charge is 2.28. The first kappa shape index (κ1) is 19.0. The van der Waals surface area contributed by atoms with E-state index in [1.54, 1.807) is 6.20 Å². The van der Waals surface area contributed by atoms with E-state index in [0.29, 0.717) is 4.91 Å². The number of piperazine rings is 1. The van der Waals surface area contributed by atoms with Gasteiger partial charge in [-0.05, 0) is 37.2 Å². The molecule has 0 unspecified atom stereocenters. The van der Waals surface area contributed by atoms with Gasteiger partial charge >= 0.3 is 0 Å². The average Bonchev–Trinajstić information content (AvgIpc) is 3.31. The second-order valence-electron chi connectivity index (χ2n) is 7.19. The van der Waals surface area contributed by atoms with Gasteiger partial charge in [-0.2, -0.15) is 10.1 Å². The Kier molecular flexibility index (Phi) is 5.64. The van der Waals surface area contributed by atoms with E-state index in [4.69, 9.17) is 0 Å². The van der Waals surface area contributed by atoms with Crippen LogP contribution in [0.2, 0.25) is 0 Å². The lowest BCUT2D eigenvalue weighted by Gasteiger charge is -2.35. The number of aromatic nitrogens is 2. The summed E-state index contributed by atoms with van der Waals surface area (Å²) in [6.07, 6.45) is 5.62. The van der Waals surface area contributed by atoms with E-state index in [1.807, 2.05) is 23.9 Å². The second kappa shape index (κ2) is 8.32. The first-order chi connectivity index (χ1) is 13.6. The highest BCUT2D eigenvalue weighted by molar-refractivity contribution is 8.18. The fourth-order valence-corrected chi connectivity index (χ4v) is 4.33. The average molecular weight is 396 g/mol. The molecule has 0 spiro atoms. The molecule has 4 rings (SSSR count). The van der Waals surface area contributed by atoms with Gasteiger partial charge in [-0.3, -0.25) is 14.4 Å². The first-order valence-electron chi connectivity index (χ1n) is 9.68. The molecule has 3 heterocycles. The van der Waals surface area contributed by atoms with Crippen molar-refractivity contribution in [3.05, 3.63) is 58.3 Å². The molecule has 0 bridgehead atoms. The minimum absolute atomic E-state index is 0.147. The lowest BCUT2D eigenvalue weighted by molar-refractivity contribution is -0.113. The molecule has 1 amide bonds. The molecule has 0 saturated carbocycles. The smallest absolute Gasteiger partial charge is 0.286 e. The normalized spacial score (nSPS) is 19.5. The predicted octanol–water partition coefficient (Wildman–Crippen LogP) is 3.00. The van der Waals surface area contributed by atoms with E-state index in [0.717, 1.165) is 50.0 Å². The van der Waals surface area contributed by atoms with E-state index in [-0.39, 0.29) is 5.91 Å². The minimum atomic E-state index is -0.147. The molecule has 0 radical (unpaired) electrons. The first-order valence-corrected chi connectivity index (χ1v) is 10.5. The summed E-state index contributed by atoms with van der Waals surface area (Å²) < 4.78 is 1.85. The number of hydrogen-bond donors (Lipinski definition) is 0. The van der Waals surface area contributed by atoms with Crippen LogP contribution in [-0.2, 0) is 17.9 Å². The van der Waals surface area contributed by atoms with Crippen molar-refractivity contribution in [3.63, 3.8) is 0 Å². The Morgan fingerprint density at radius 1 is 1.14 bits per heavy atom. The SMILES string of the molecule is CCn1cc(C=C2SC(N3CCN(Cc4ccc(C)cc4)CC3)=NC2=O)cn1. The molecule has 2 aliphatic rings. The van der Waals surface area contributed by atoms with Gasteiger partial charge in [0.25, 0.3) is 5.91 Å². The monoisotopic (exact) mass is 395 g/mol. The van der Waals surface area contributed by atoms with E-state index in [9.17, 15) is 4.79 Å². The molecule has 7 heteroatoms. The Labute approximate surface area is 169 Å². The molecular weight excluding hydrogens is 370 g/mol. The summed E-state index contributed by atoms with van der Waals surface area (Å²) in [4.78, 5) is 21.9. The Morgan fingerprint density at radius 2 is 1.89 bits per heavy atom. The van der Waals surface area contributed by atoms with Gasteiger partial charge in [0, 0.05) is 51.0 Å². The third kappa shape index (κ3) is 4.36. The fraction of sp³-hybridized carbons (Fsp3) is 0.381. The summed E-state index contributed by atoms with van der Waals surface area (Å²) in [6, 6.07) is 8.74. The largest absolute Gasteiger partial charge is 0.348 e. The Bertz CT molecular complexity index is 907. The highest BCUT2D eigenvalue weighted by atomic mass is 32.2. The number of aliphatic imine (C=N–C) groups is 1. The predicted molar refractivity (Wildman–Crippen MR) is 114 cm³/mol.